The van der Waals surface area contributed by atoms with Gasteiger partial charge in [-0.15, -0.1) is 0 Å². The average Bonchev–Trinajstić information content (AvgIpc) is 3.14. The molecule has 12 aromatic carbocycles. The van der Waals surface area contributed by atoms with Gasteiger partial charge in [0.25, 0.3) is 0 Å². The van der Waals surface area contributed by atoms with Gasteiger partial charge in [-0.1, -0.05) is 161 Å². The second-order valence-corrected chi connectivity index (χ2v) is 21.4. The van der Waals surface area contributed by atoms with Crippen molar-refractivity contribution in [2.45, 2.75) is 112 Å². The third-order valence-electron chi connectivity index (χ3n) is 12.3. The SMILES string of the molecule is C1=CCC=CC1.C1=CCCC=C1.C=CC=CCCCCCCCC.CC=CC=CC.CC=CCC=CC.[Pt+2].[Pt+2].[Pt+2].[Pt+2].[Pt+2].[Pt+2].[c-]1ccccc1.[c-]1ccccc1.[c-]1ccccc1.[c-]1ccccc1.[c-]1ccccc1.[c-]1ccccc1.[c-]1ccccc1.[c-]1ccccc1.[c-]1ccccc1.[c-]1ccccc1.[c-]1ccccc1.[c-]1ccccc1. The summed E-state index contributed by atoms with van der Waals surface area (Å²) in [6.45, 7) is 14.0. The van der Waals surface area contributed by atoms with Crippen molar-refractivity contribution in [2.75, 3.05) is 0 Å². The van der Waals surface area contributed by atoms with Gasteiger partial charge < -0.3 is 0 Å². The number of unbranched alkanes of at least 4 members (excludes halogenated alkanes) is 6. The molecule has 0 amide bonds. The fraction of sp³-hybridized carbons (Fsp3) is 0.156. The van der Waals surface area contributed by atoms with Gasteiger partial charge in [0.2, 0.25) is 0 Å². The predicted molar refractivity (Wildman–Crippen MR) is 480 cm³/mol. The van der Waals surface area contributed by atoms with Gasteiger partial charge >= 0.3 is 126 Å². The van der Waals surface area contributed by atoms with E-state index in [2.05, 4.69) is 165 Å². The van der Waals surface area contributed by atoms with Crippen LogP contribution in [0.5, 0.6) is 0 Å². The van der Waals surface area contributed by atoms with Gasteiger partial charge in [-0.2, -0.15) is 437 Å². The van der Waals surface area contributed by atoms with E-state index in [1.165, 1.54) is 57.8 Å². The first-order valence-electron chi connectivity index (χ1n) is 37.5. The van der Waals surface area contributed by atoms with Gasteiger partial charge in [0.15, 0.2) is 0 Å². The van der Waals surface area contributed by atoms with Crippen LogP contribution >= 0.6 is 0 Å². The largest absolute Gasteiger partial charge is 2.00 e. The van der Waals surface area contributed by atoms with Crippen LogP contribution in [-0.2, 0) is 126 Å². The van der Waals surface area contributed by atoms with E-state index in [1.807, 2.05) is 428 Å². The molecule has 0 fully saturated rings. The Bertz CT molecular complexity index is 2590. The fourth-order valence-electron chi connectivity index (χ4n) is 7.00. The zero-order valence-electron chi connectivity index (χ0n) is 67.7. The minimum atomic E-state index is 0. The molecule has 0 saturated heterocycles. The number of benzene rings is 12. The molecule has 0 heterocycles. The molecule has 0 radical (unpaired) electrons. The van der Waals surface area contributed by atoms with Crippen LogP contribution in [-0.4, -0.2) is 0 Å². The first-order chi connectivity index (χ1) is 54.2. The third-order valence-corrected chi connectivity index (χ3v) is 12.3. The fourth-order valence-corrected chi connectivity index (χ4v) is 7.00. The molecule has 12 aromatic rings. The summed E-state index contributed by atoms with van der Waals surface area (Å²) in [6, 6.07) is 150. The Hall–Kier alpha value is -7.83. The summed E-state index contributed by atoms with van der Waals surface area (Å²) in [6.07, 6.45) is 55.0. The van der Waals surface area contributed by atoms with E-state index in [0.717, 1.165) is 19.3 Å². The van der Waals surface area contributed by atoms with Crippen LogP contribution in [0.2, 0.25) is 0 Å². The Morgan fingerprint density at radius 2 is 0.417 bits per heavy atom. The van der Waals surface area contributed by atoms with Crippen molar-refractivity contribution in [3.63, 3.8) is 0 Å². The maximum Gasteiger partial charge on any atom is 2.00 e. The molecule has 0 spiro atoms. The Labute approximate surface area is 788 Å². The first kappa shape index (κ1) is 125. The molecule has 0 bridgehead atoms. The van der Waals surface area contributed by atoms with Gasteiger partial charge in [-0.05, 0) is 72.6 Å². The smallest absolute Gasteiger partial charge is 0.184 e. The quantitative estimate of drug-likeness (QED) is 0.0524. The van der Waals surface area contributed by atoms with Crippen LogP contribution < -0.4 is 0 Å². The molecule has 2 aliphatic rings. The maximum atomic E-state index is 3.63. The number of rotatable bonds is 11. The van der Waals surface area contributed by atoms with Crippen LogP contribution in [0.4, 0.5) is 0 Å². The van der Waals surface area contributed by atoms with Crippen molar-refractivity contribution in [3.05, 3.63) is 559 Å². The van der Waals surface area contributed by atoms with Gasteiger partial charge in [0.05, 0.1) is 0 Å². The van der Waals surface area contributed by atoms with E-state index in [0.29, 0.717) is 0 Å². The minimum absolute atomic E-state index is 0. The van der Waals surface area contributed by atoms with Gasteiger partial charge in [0, 0.05) is 0 Å². The molecule has 6 heteroatoms. The van der Waals surface area contributed by atoms with Gasteiger partial charge in [-0.3, -0.25) is 0 Å². The van der Waals surface area contributed by atoms with Crippen LogP contribution in [0.1, 0.15) is 112 Å². The van der Waals surface area contributed by atoms with Crippen LogP contribution in [0.25, 0.3) is 0 Å². The normalized spacial score (nSPS) is 9.40. The summed E-state index contributed by atoms with van der Waals surface area (Å²) < 4.78 is 0. The second kappa shape index (κ2) is 130. The first-order valence-corrected chi connectivity index (χ1v) is 37.5. The van der Waals surface area contributed by atoms with Gasteiger partial charge in [-0.25, -0.2) is 0 Å². The predicted octanol–water partition coefficient (Wildman–Crippen LogP) is 30.8. The van der Waals surface area contributed by atoms with E-state index < -0.39 is 0 Å². The van der Waals surface area contributed by atoms with Crippen molar-refractivity contribution in [3.8, 4) is 0 Å². The molecular formula is C109H120Pt6. The molecular weight excluding hydrogens is 2480 g/mol. The summed E-state index contributed by atoms with van der Waals surface area (Å²) in [5, 5.41) is 0. The van der Waals surface area contributed by atoms with E-state index >= 15 is 0 Å². The van der Waals surface area contributed by atoms with Crippen molar-refractivity contribution in [1.29, 1.82) is 0 Å². The molecule has 0 saturated carbocycles. The van der Waals surface area contributed by atoms with E-state index in [4.69, 9.17) is 0 Å². The summed E-state index contributed by atoms with van der Waals surface area (Å²) in [5.41, 5.74) is 0. The zero-order chi connectivity index (χ0) is 78.8. The molecule has 0 N–H and O–H groups in total. The van der Waals surface area contributed by atoms with Crippen LogP contribution in [0.3, 0.4) is 0 Å². The Morgan fingerprint density at radius 1 is 0.226 bits per heavy atom. The number of hydrogen-bond donors (Lipinski definition) is 0. The van der Waals surface area contributed by atoms with E-state index in [1.54, 1.807) is 0 Å². The Morgan fingerprint density at radius 3 is 0.539 bits per heavy atom. The maximum absolute atomic E-state index is 3.63. The molecule has 115 heavy (non-hydrogen) atoms. The van der Waals surface area contributed by atoms with Crippen LogP contribution in [0, 0.1) is 72.8 Å². The van der Waals surface area contributed by atoms with Crippen molar-refractivity contribution in [2.24, 2.45) is 0 Å². The topological polar surface area (TPSA) is 0 Å². The third kappa shape index (κ3) is 136. The molecule has 2 aliphatic carbocycles. The molecule has 14 rings (SSSR count). The van der Waals surface area contributed by atoms with Crippen LogP contribution in [0.15, 0.2) is 486 Å². The standard InChI is InChI=1S/C12H22.C7H12.2C6H8.12C6H5.C6H10.6Pt/c1-3-5-7-9-11-12-10-8-6-4-2;1-3-5-7-6-4-2;14*1-2-4-6-5-3-1;1-3-5-6-4-2;;;;;;/h3,5,7H,1,4,6,8-12H2,2H3;3-6H,7H2,1-2H3;1-2,5-6H,3-4H2;1-4H,5-6H2;12*1-5H;3-6H,1-2H3;;;;;;/q;;;;12*-1;;6*+2. The number of hydrogen-bond acceptors (Lipinski definition) is 0. The number of allylic oxidation sites excluding steroid dienone is 19. The minimum Gasteiger partial charge on any atom is -0.184 e. The molecule has 0 aromatic heterocycles. The molecule has 0 aliphatic heterocycles. The molecule has 0 atom stereocenters. The average molecular weight is 2600 g/mol. The second-order valence-electron chi connectivity index (χ2n) is 21.4. The Balaban J connectivity index is -0.000000148. The summed E-state index contributed by atoms with van der Waals surface area (Å²) in [5.74, 6) is 0. The summed E-state index contributed by atoms with van der Waals surface area (Å²) in [7, 11) is 0. The van der Waals surface area contributed by atoms with E-state index in [9.17, 15) is 0 Å². The summed E-state index contributed by atoms with van der Waals surface area (Å²) >= 11 is 0. The monoisotopic (exact) mass is 2600 g/mol. The van der Waals surface area contributed by atoms with Crippen molar-refractivity contribution >= 4 is 0 Å². The van der Waals surface area contributed by atoms with Crippen molar-refractivity contribution < 1.29 is 126 Å². The zero-order valence-corrected chi connectivity index (χ0v) is 81.3. The molecule has 0 nitrogen and oxygen atoms in total. The molecule has 616 valence electrons. The van der Waals surface area contributed by atoms with Gasteiger partial charge in [0.1, 0.15) is 0 Å². The van der Waals surface area contributed by atoms with Crippen molar-refractivity contribution in [1.82, 2.24) is 0 Å². The van der Waals surface area contributed by atoms with E-state index in [-0.39, 0.29) is 126 Å². The Kier molecular flexibility index (Phi) is 141. The summed E-state index contributed by atoms with van der Waals surface area (Å²) in [4.78, 5) is 0. The molecule has 0 unspecified atom stereocenters.